The van der Waals surface area contributed by atoms with E-state index in [1.807, 2.05) is 10.8 Å². The van der Waals surface area contributed by atoms with Gasteiger partial charge in [-0.05, 0) is 30.7 Å². The SMILES string of the molecule is CC(C)(O)c1[nH]c2cc(C(F)(F)F)c([N+](=O)[O-])cc2c1[SH]1C=CC=C1. The molecule has 9 heteroatoms. The number of nitro benzene ring substituents is 1. The summed E-state index contributed by atoms with van der Waals surface area (Å²) in [6.45, 7) is 3.03. The number of benzene rings is 1. The Morgan fingerprint density at radius 1 is 1.20 bits per heavy atom. The van der Waals surface area contributed by atoms with Gasteiger partial charge in [-0.2, -0.15) is 24.1 Å². The van der Waals surface area contributed by atoms with Crippen molar-refractivity contribution in [2.75, 3.05) is 0 Å². The van der Waals surface area contributed by atoms with Gasteiger partial charge in [0.2, 0.25) is 0 Å². The second-order valence-corrected chi connectivity index (χ2v) is 8.03. The maximum absolute atomic E-state index is 13.2. The Balaban J connectivity index is 2.39. The predicted octanol–water partition coefficient (Wildman–Crippen LogP) is 4.72. The van der Waals surface area contributed by atoms with Crippen molar-refractivity contribution in [1.29, 1.82) is 0 Å². The summed E-state index contributed by atoms with van der Waals surface area (Å²) in [4.78, 5) is 13.6. The van der Waals surface area contributed by atoms with E-state index in [0.29, 0.717) is 16.0 Å². The Hall–Kier alpha value is -2.26. The van der Waals surface area contributed by atoms with Gasteiger partial charge < -0.3 is 10.1 Å². The van der Waals surface area contributed by atoms with Crippen LogP contribution in [0.3, 0.4) is 0 Å². The summed E-state index contributed by atoms with van der Waals surface area (Å²) in [7, 11) is -1.01. The van der Waals surface area contributed by atoms with E-state index in [1.165, 1.54) is 13.8 Å². The predicted molar refractivity (Wildman–Crippen MR) is 90.7 cm³/mol. The van der Waals surface area contributed by atoms with Gasteiger partial charge >= 0.3 is 6.18 Å². The number of nitrogens with one attached hydrogen (secondary N) is 1. The lowest BCUT2D eigenvalue weighted by Gasteiger charge is -2.21. The molecule has 0 unspecified atom stereocenters. The number of halogens is 3. The van der Waals surface area contributed by atoms with Crippen molar-refractivity contribution in [3.05, 3.63) is 56.5 Å². The standard InChI is InChI=1S/C16H15F3N2O3S/c1-15(2,22)14-13(25-5-3-4-6-25)9-7-12(21(23)24)10(16(17,18)19)8-11(9)20-14/h3-8,20,22,25H,1-2H3. The number of alkyl halides is 3. The number of nitro groups is 1. The highest BCUT2D eigenvalue weighted by Crippen LogP contribution is 2.51. The molecule has 0 saturated heterocycles. The van der Waals surface area contributed by atoms with Crippen LogP contribution in [-0.4, -0.2) is 15.0 Å². The molecule has 0 atom stereocenters. The quantitative estimate of drug-likeness (QED) is 0.414. The monoisotopic (exact) mass is 372 g/mol. The topological polar surface area (TPSA) is 79.2 Å². The molecule has 25 heavy (non-hydrogen) atoms. The first kappa shape index (κ1) is 17.6. The van der Waals surface area contributed by atoms with Crippen LogP contribution in [0, 0.1) is 10.1 Å². The van der Waals surface area contributed by atoms with Gasteiger partial charge in [0.05, 0.1) is 16.2 Å². The summed E-state index contributed by atoms with van der Waals surface area (Å²) in [5.41, 5.74) is -3.18. The van der Waals surface area contributed by atoms with Gasteiger partial charge in [-0.1, -0.05) is 12.2 Å². The van der Waals surface area contributed by atoms with Crippen molar-refractivity contribution in [2.45, 2.75) is 30.5 Å². The van der Waals surface area contributed by atoms with E-state index in [9.17, 15) is 28.4 Å². The molecule has 0 radical (unpaired) electrons. The molecule has 0 aliphatic carbocycles. The molecule has 5 nitrogen and oxygen atoms in total. The number of rotatable bonds is 3. The van der Waals surface area contributed by atoms with Crippen LogP contribution >= 0.6 is 10.9 Å². The van der Waals surface area contributed by atoms with E-state index in [1.54, 1.807) is 12.2 Å². The molecule has 0 saturated carbocycles. The zero-order chi connectivity index (χ0) is 18.6. The number of aromatic nitrogens is 1. The number of hydrogen-bond donors (Lipinski definition) is 3. The lowest BCUT2D eigenvalue weighted by atomic mass is 10.1. The third-order valence-electron chi connectivity index (χ3n) is 3.86. The fourth-order valence-corrected chi connectivity index (χ4v) is 4.81. The first-order valence-electron chi connectivity index (χ1n) is 7.27. The number of H-pyrrole nitrogens is 1. The van der Waals surface area contributed by atoms with E-state index >= 15 is 0 Å². The van der Waals surface area contributed by atoms with Crippen LogP contribution in [0.15, 0.2) is 40.0 Å². The minimum atomic E-state index is -4.85. The largest absolute Gasteiger partial charge is 0.423 e. The third-order valence-corrected chi connectivity index (χ3v) is 5.83. The van der Waals surface area contributed by atoms with Gasteiger partial charge in [0.1, 0.15) is 5.56 Å². The Labute approximate surface area is 143 Å². The van der Waals surface area contributed by atoms with Crippen LogP contribution in [0.5, 0.6) is 0 Å². The van der Waals surface area contributed by atoms with Crippen molar-refractivity contribution < 1.29 is 23.2 Å². The number of thiol groups is 1. The molecule has 0 spiro atoms. The smallest absolute Gasteiger partial charge is 0.384 e. The van der Waals surface area contributed by atoms with E-state index in [4.69, 9.17) is 0 Å². The van der Waals surface area contributed by atoms with Gasteiger partial charge in [0, 0.05) is 21.9 Å². The molecule has 3 rings (SSSR count). The Bertz CT molecular complexity index is 911. The molecule has 134 valence electrons. The third kappa shape index (κ3) is 3.05. The molecule has 2 heterocycles. The molecule has 2 aromatic rings. The summed E-state index contributed by atoms with van der Waals surface area (Å²) in [6, 6.07) is 1.69. The number of aromatic amines is 1. The molecule has 2 N–H and O–H groups in total. The maximum atomic E-state index is 13.2. The first-order chi connectivity index (χ1) is 11.5. The van der Waals surface area contributed by atoms with Crippen molar-refractivity contribution in [3.8, 4) is 0 Å². The lowest BCUT2D eigenvalue weighted by molar-refractivity contribution is -0.387. The Kier molecular flexibility index (Phi) is 3.96. The molecule has 1 aromatic carbocycles. The van der Waals surface area contributed by atoms with Crippen molar-refractivity contribution in [3.63, 3.8) is 0 Å². The van der Waals surface area contributed by atoms with Crippen LogP contribution in [0.2, 0.25) is 0 Å². The van der Waals surface area contributed by atoms with Crippen LogP contribution in [0.4, 0.5) is 18.9 Å². The highest BCUT2D eigenvalue weighted by atomic mass is 32.2. The van der Waals surface area contributed by atoms with Crippen molar-refractivity contribution in [1.82, 2.24) is 4.98 Å². The number of allylic oxidation sites excluding steroid dienone is 2. The normalized spacial score (nSPS) is 16.2. The number of nitrogens with zero attached hydrogens (tertiary/aromatic N) is 1. The highest BCUT2D eigenvalue weighted by Gasteiger charge is 2.40. The highest BCUT2D eigenvalue weighted by molar-refractivity contribution is 8.22. The van der Waals surface area contributed by atoms with Crippen LogP contribution in [-0.2, 0) is 11.8 Å². The molecule has 0 fully saturated rings. The molecule has 1 aliphatic heterocycles. The molecule has 1 aromatic heterocycles. The summed E-state index contributed by atoms with van der Waals surface area (Å²) in [6.07, 6.45) is -1.25. The summed E-state index contributed by atoms with van der Waals surface area (Å²) < 4.78 is 39.6. The number of aliphatic hydroxyl groups is 1. The number of fused-ring (bicyclic) bond motifs is 1. The summed E-state index contributed by atoms with van der Waals surface area (Å²) in [5.74, 6) is 0. The number of hydrogen-bond acceptors (Lipinski definition) is 3. The second-order valence-electron chi connectivity index (χ2n) is 6.17. The van der Waals surface area contributed by atoms with Gasteiger partial charge in [0.15, 0.2) is 0 Å². The first-order valence-corrected chi connectivity index (χ1v) is 8.75. The fraction of sp³-hybridized carbons (Fsp3) is 0.250. The van der Waals surface area contributed by atoms with Crippen molar-refractivity contribution >= 4 is 27.5 Å². The second kappa shape index (κ2) is 5.63. The summed E-state index contributed by atoms with van der Waals surface area (Å²) >= 11 is 0. The van der Waals surface area contributed by atoms with Crippen LogP contribution in [0.1, 0.15) is 25.1 Å². The van der Waals surface area contributed by atoms with E-state index in [2.05, 4.69) is 4.98 Å². The Morgan fingerprint density at radius 3 is 2.28 bits per heavy atom. The van der Waals surface area contributed by atoms with Gasteiger partial charge in [-0.3, -0.25) is 10.1 Å². The average Bonchev–Trinajstić information content (AvgIpc) is 3.10. The summed E-state index contributed by atoms with van der Waals surface area (Å²) in [5, 5.41) is 25.6. The lowest BCUT2D eigenvalue weighted by Crippen LogP contribution is -2.17. The van der Waals surface area contributed by atoms with E-state index in [-0.39, 0.29) is 5.52 Å². The van der Waals surface area contributed by atoms with E-state index < -0.39 is 38.8 Å². The molecule has 1 aliphatic rings. The van der Waals surface area contributed by atoms with Gasteiger partial charge in [-0.25, -0.2) is 0 Å². The van der Waals surface area contributed by atoms with E-state index in [0.717, 1.165) is 12.1 Å². The zero-order valence-electron chi connectivity index (χ0n) is 13.3. The Morgan fingerprint density at radius 2 is 1.80 bits per heavy atom. The molecular formula is C16H15F3N2O3S. The maximum Gasteiger partial charge on any atom is 0.423 e. The average molecular weight is 372 g/mol. The van der Waals surface area contributed by atoms with Gasteiger partial charge in [-0.15, -0.1) is 0 Å². The molecule has 0 bridgehead atoms. The zero-order valence-corrected chi connectivity index (χ0v) is 14.2. The fourth-order valence-electron chi connectivity index (χ4n) is 2.79. The van der Waals surface area contributed by atoms with Crippen molar-refractivity contribution in [2.24, 2.45) is 0 Å². The van der Waals surface area contributed by atoms with Crippen LogP contribution < -0.4 is 0 Å². The minimum Gasteiger partial charge on any atom is -0.384 e. The van der Waals surface area contributed by atoms with Gasteiger partial charge in [0.25, 0.3) is 5.69 Å². The van der Waals surface area contributed by atoms with Crippen LogP contribution in [0.25, 0.3) is 10.9 Å². The minimum absolute atomic E-state index is 0.112. The molecule has 0 amide bonds. The molecular weight excluding hydrogens is 357 g/mol.